The van der Waals surface area contributed by atoms with Crippen LogP contribution in [0.1, 0.15) is 24.8 Å². The first-order chi connectivity index (χ1) is 15.3. The van der Waals surface area contributed by atoms with E-state index >= 15 is 0 Å². The molecule has 1 N–H and O–H groups in total. The summed E-state index contributed by atoms with van der Waals surface area (Å²) < 4.78 is 23.6. The molecule has 2 unspecified atom stereocenters. The van der Waals surface area contributed by atoms with Gasteiger partial charge in [0, 0.05) is 24.3 Å². The number of nitriles is 1. The molecule has 10 nitrogen and oxygen atoms in total. The summed E-state index contributed by atoms with van der Waals surface area (Å²) in [7, 11) is -3.21. The van der Waals surface area contributed by atoms with Gasteiger partial charge in [-0.3, -0.25) is 14.4 Å². The molecule has 0 aromatic heterocycles. The third-order valence-corrected chi connectivity index (χ3v) is 8.35. The molecule has 32 heavy (non-hydrogen) atoms. The lowest BCUT2D eigenvalue weighted by Crippen LogP contribution is -2.49. The zero-order valence-electron chi connectivity index (χ0n) is 17.1. The van der Waals surface area contributed by atoms with E-state index in [4.69, 9.17) is 5.26 Å². The maximum Gasteiger partial charge on any atom is 0.271 e. The zero-order chi connectivity index (χ0) is 22.9. The molecule has 0 saturated carbocycles. The van der Waals surface area contributed by atoms with Crippen molar-refractivity contribution in [3.63, 3.8) is 0 Å². The van der Waals surface area contributed by atoms with E-state index in [0.29, 0.717) is 29.3 Å². The fourth-order valence-corrected chi connectivity index (χ4v) is 6.70. The van der Waals surface area contributed by atoms with Crippen LogP contribution in [0.2, 0.25) is 0 Å². The molecule has 168 valence electrons. The van der Waals surface area contributed by atoms with E-state index in [1.165, 1.54) is 16.7 Å². The van der Waals surface area contributed by atoms with Gasteiger partial charge in [-0.1, -0.05) is 0 Å². The van der Waals surface area contributed by atoms with E-state index < -0.39 is 27.8 Å². The number of carbonyl (C=O) groups is 3. The number of sulfone groups is 1. The Morgan fingerprint density at radius 2 is 1.97 bits per heavy atom. The van der Waals surface area contributed by atoms with Gasteiger partial charge in [-0.2, -0.15) is 10.4 Å². The van der Waals surface area contributed by atoms with Gasteiger partial charge < -0.3 is 10.2 Å². The number of anilines is 1. The van der Waals surface area contributed by atoms with Gasteiger partial charge in [0.05, 0.1) is 35.1 Å². The van der Waals surface area contributed by atoms with Crippen molar-refractivity contribution >= 4 is 50.7 Å². The number of hydrazone groups is 1. The smallest absolute Gasteiger partial charge is 0.271 e. The van der Waals surface area contributed by atoms with Gasteiger partial charge in [0.25, 0.3) is 5.91 Å². The number of nitrogens with one attached hydrogen (secondary N) is 1. The second kappa shape index (κ2) is 8.91. The molecule has 2 fully saturated rings. The summed E-state index contributed by atoms with van der Waals surface area (Å²) in [5.41, 5.74) is 1.15. The fourth-order valence-electron chi connectivity index (χ4n) is 3.86. The summed E-state index contributed by atoms with van der Waals surface area (Å²) in [6, 6.07) is 7.17. The molecule has 2 atom stereocenters. The normalized spacial score (nSPS) is 24.7. The zero-order valence-corrected chi connectivity index (χ0v) is 18.7. The van der Waals surface area contributed by atoms with Crippen LogP contribution >= 0.6 is 11.8 Å². The average molecular weight is 476 g/mol. The minimum atomic E-state index is -3.21. The Morgan fingerprint density at radius 3 is 2.62 bits per heavy atom. The van der Waals surface area contributed by atoms with Crippen molar-refractivity contribution in [2.24, 2.45) is 5.10 Å². The molecule has 4 rings (SSSR count). The minimum absolute atomic E-state index is 0.000598. The van der Waals surface area contributed by atoms with Crippen LogP contribution in [0.15, 0.2) is 29.4 Å². The van der Waals surface area contributed by atoms with Crippen molar-refractivity contribution in [2.75, 3.05) is 28.5 Å². The highest BCUT2D eigenvalue weighted by atomic mass is 32.2. The van der Waals surface area contributed by atoms with Crippen LogP contribution in [-0.4, -0.2) is 77.0 Å². The highest BCUT2D eigenvalue weighted by Crippen LogP contribution is 2.26. The summed E-state index contributed by atoms with van der Waals surface area (Å²) >= 11 is 1.44. The summed E-state index contributed by atoms with van der Waals surface area (Å²) in [5, 5.41) is 17.0. The Morgan fingerprint density at radius 1 is 1.22 bits per heavy atom. The van der Waals surface area contributed by atoms with Crippen LogP contribution in [0.4, 0.5) is 5.69 Å². The number of carbonyl (C=O) groups excluding carboxylic acids is 3. The van der Waals surface area contributed by atoms with Gasteiger partial charge in [0.2, 0.25) is 11.8 Å². The van der Waals surface area contributed by atoms with Crippen molar-refractivity contribution in [3.05, 3.63) is 29.8 Å². The Bertz CT molecular complexity index is 1130. The lowest BCUT2D eigenvalue weighted by atomic mass is 10.1. The van der Waals surface area contributed by atoms with Crippen molar-refractivity contribution in [1.82, 2.24) is 9.91 Å². The topological polar surface area (TPSA) is 140 Å². The molecule has 3 heterocycles. The van der Waals surface area contributed by atoms with Gasteiger partial charge in [-0.05, 0) is 30.7 Å². The van der Waals surface area contributed by atoms with Crippen LogP contribution in [0.3, 0.4) is 0 Å². The van der Waals surface area contributed by atoms with E-state index in [2.05, 4.69) is 10.4 Å². The van der Waals surface area contributed by atoms with Crippen molar-refractivity contribution < 1.29 is 22.8 Å². The SMILES string of the molecule is N#Cc1ccc(NC(=O)C2CSCN2C(=O)C2=NN(C3CCS(=O)(=O)C3)C(=O)CC2)cc1. The Labute approximate surface area is 189 Å². The highest BCUT2D eigenvalue weighted by molar-refractivity contribution is 7.99. The third-order valence-electron chi connectivity index (χ3n) is 5.59. The van der Waals surface area contributed by atoms with E-state index in [0.717, 1.165) is 5.01 Å². The molecule has 2 saturated heterocycles. The minimum Gasteiger partial charge on any atom is -0.324 e. The first kappa shape index (κ1) is 22.3. The van der Waals surface area contributed by atoms with E-state index in [1.54, 1.807) is 24.3 Å². The van der Waals surface area contributed by atoms with E-state index in [-0.39, 0.29) is 41.9 Å². The fraction of sp³-hybridized carbons (Fsp3) is 0.450. The molecular weight excluding hydrogens is 454 g/mol. The second-order valence-electron chi connectivity index (χ2n) is 7.81. The van der Waals surface area contributed by atoms with E-state index in [9.17, 15) is 22.8 Å². The number of nitrogens with zero attached hydrogens (tertiary/aromatic N) is 4. The quantitative estimate of drug-likeness (QED) is 0.671. The number of hydrogen-bond acceptors (Lipinski definition) is 8. The van der Waals surface area contributed by atoms with Gasteiger partial charge >= 0.3 is 0 Å². The first-order valence-electron chi connectivity index (χ1n) is 10.1. The van der Waals surface area contributed by atoms with Crippen molar-refractivity contribution in [1.29, 1.82) is 5.26 Å². The summed E-state index contributed by atoms with van der Waals surface area (Å²) in [6.07, 6.45) is 0.525. The van der Waals surface area contributed by atoms with Gasteiger partial charge in [-0.25, -0.2) is 13.4 Å². The summed E-state index contributed by atoms with van der Waals surface area (Å²) in [4.78, 5) is 39.7. The van der Waals surface area contributed by atoms with Crippen LogP contribution in [0, 0.1) is 11.3 Å². The lowest BCUT2D eigenvalue weighted by molar-refractivity contribution is -0.134. The standard InChI is InChI=1S/C20H21N5O5S2/c21-9-13-1-3-14(4-2-13)22-19(27)17-10-31-12-24(17)20(28)16-5-6-18(26)25(23-16)15-7-8-32(29,30)11-15/h1-4,15,17H,5-8,10-12H2,(H,22,27). The van der Waals surface area contributed by atoms with Gasteiger partial charge in [0.1, 0.15) is 11.8 Å². The molecule has 3 aliphatic rings. The maximum absolute atomic E-state index is 13.2. The van der Waals surface area contributed by atoms with E-state index in [1.807, 2.05) is 6.07 Å². The van der Waals surface area contributed by atoms with Gasteiger partial charge in [-0.15, -0.1) is 11.8 Å². The number of benzene rings is 1. The Balaban J connectivity index is 1.47. The second-order valence-corrected chi connectivity index (χ2v) is 11.0. The molecule has 0 aliphatic carbocycles. The molecule has 3 amide bonds. The molecular formula is C20H21N5O5S2. The Hall–Kier alpha value is -2.91. The Kier molecular flexibility index (Phi) is 6.21. The largest absolute Gasteiger partial charge is 0.324 e. The first-order valence-corrected chi connectivity index (χ1v) is 13.0. The molecule has 0 radical (unpaired) electrons. The summed E-state index contributed by atoms with van der Waals surface area (Å²) in [6.45, 7) is 0. The molecule has 3 aliphatic heterocycles. The number of hydrogen-bond donors (Lipinski definition) is 1. The highest BCUT2D eigenvalue weighted by Gasteiger charge is 2.40. The number of rotatable bonds is 4. The molecule has 0 bridgehead atoms. The maximum atomic E-state index is 13.2. The monoisotopic (exact) mass is 475 g/mol. The van der Waals surface area contributed by atoms with Crippen LogP contribution < -0.4 is 5.32 Å². The van der Waals surface area contributed by atoms with Crippen molar-refractivity contribution in [2.45, 2.75) is 31.3 Å². The van der Waals surface area contributed by atoms with Crippen LogP contribution in [0.25, 0.3) is 0 Å². The average Bonchev–Trinajstić information content (AvgIpc) is 3.40. The predicted octanol–water partition coefficient (Wildman–Crippen LogP) is 0.564. The third kappa shape index (κ3) is 4.63. The molecule has 1 aromatic rings. The molecule has 0 spiro atoms. The predicted molar refractivity (Wildman–Crippen MR) is 118 cm³/mol. The number of thioether (sulfide) groups is 1. The summed E-state index contributed by atoms with van der Waals surface area (Å²) in [5.74, 6) is -0.485. The van der Waals surface area contributed by atoms with Crippen LogP contribution in [-0.2, 0) is 24.2 Å². The van der Waals surface area contributed by atoms with Crippen molar-refractivity contribution in [3.8, 4) is 6.07 Å². The molecule has 12 heteroatoms. The number of amides is 3. The van der Waals surface area contributed by atoms with Crippen LogP contribution in [0.5, 0.6) is 0 Å². The van der Waals surface area contributed by atoms with Gasteiger partial charge in [0.15, 0.2) is 9.84 Å². The molecule has 1 aromatic carbocycles. The lowest BCUT2D eigenvalue weighted by Gasteiger charge is -2.30.